The number of aromatic nitrogens is 3. The molecule has 1 aromatic carbocycles. The molecule has 19 heavy (non-hydrogen) atoms. The van der Waals surface area contributed by atoms with Crippen LogP contribution in [-0.4, -0.2) is 20.3 Å². The van der Waals surface area contributed by atoms with Gasteiger partial charge in [0.25, 0.3) is 0 Å². The number of aryl methyl sites for hydroxylation is 1. The maximum Gasteiger partial charge on any atom is 0.141 e. The van der Waals surface area contributed by atoms with E-state index in [1.807, 2.05) is 4.68 Å². The van der Waals surface area contributed by atoms with Gasteiger partial charge in [-0.2, -0.15) is 5.10 Å². The molecule has 0 radical (unpaired) electrons. The molecule has 0 aliphatic rings. The molecular formula is C15H22N4. The standard InChI is InChI=1S/C15H22N4/c1-12-7-5-6-8-13(12)10-19-14(16-11-18-19)9-17-15(2,3)4/h5-8,11,17H,9-10H2,1-4H3. The van der Waals surface area contributed by atoms with Gasteiger partial charge in [-0.3, -0.25) is 0 Å². The van der Waals surface area contributed by atoms with Crippen LogP contribution >= 0.6 is 0 Å². The van der Waals surface area contributed by atoms with Gasteiger partial charge in [0, 0.05) is 5.54 Å². The van der Waals surface area contributed by atoms with Crippen molar-refractivity contribution in [2.45, 2.75) is 46.3 Å². The molecule has 0 aliphatic carbocycles. The predicted octanol–water partition coefficient (Wildman–Crippen LogP) is 2.52. The summed E-state index contributed by atoms with van der Waals surface area (Å²) < 4.78 is 1.96. The van der Waals surface area contributed by atoms with Gasteiger partial charge >= 0.3 is 0 Å². The van der Waals surface area contributed by atoms with Crippen LogP contribution in [0.3, 0.4) is 0 Å². The van der Waals surface area contributed by atoms with Gasteiger partial charge in [0.2, 0.25) is 0 Å². The highest BCUT2D eigenvalue weighted by atomic mass is 15.3. The molecule has 0 saturated heterocycles. The fourth-order valence-corrected chi connectivity index (χ4v) is 1.85. The molecule has 0 unspecified atom stereocenters. The highest BCUT2D eigenvalue weighted by molar-refractivity contribution is 5.25. The molecule has 0 atom stereocenters. The second-order valence-corrected chi connectivity index (χ2v) is 5.86. The zero-order valence-electron chi connectivity index (χ0n) is 12.1. The molecule has 102 valence electrons. The number of hydrogen-bond acceptors (Lipinski definition) is 3. The van der Waals surface area contributed by atoms with E-state index in [0.717, 1.165) is 18.9 Å². The van der Waals surface area contributed by atoms with Crippen molar-refractivity contribution in [3.05, 3.63) is 47.5 Å². The third kappa shape index (κ3) is 3.89. The minimum atomic E-state index is 0.0828. The highest BCUT2D eigenvalue weighted by Gasteiger charge is 2.12. The molecule has 4 heteroatoms. The van der Waals surface area contributed by atoms with Crippen molar-refractivity contribution in [3.8, 4) is 0 Å². The van der Waals surface area contributed by atoms with Gasteiger partial charge in [0.1, 0.15) is 12.2 Å². The molecule has 0 saturated carbocycles. The van der Waals surface area contributed by atoms with E-state index < -0.39 is 0 Å². The van der Waals surface area contributed by atoms with E-state index in [2.05, 4.69) is 67.4 Å². The molecule has 0 aliphatic heterocycles. The van der Waals surface area contributed by atoms with Crippen molar-refractivity contribution in [3.63, 3.8) is 0 Å². The maximum atomic E-state index is 4.33. The topological polar surface area (TPSA) is 42.7 Å². The molecule has 1 N–H and O–H groups in total. The average Bonchev–Trinajstić information content (AvgIpc) is 2.76. The van der Waals surface area contributed by atoms with E-state index in [0.29, 0.717) is 0 Å². The van der Waals surface area contributed by atoms with Crippen molar-refractivity contribution in [2.75, 3.05) is 0 Å². The average molecular weight is 258 g/mol. The zero-order chi connectivity index (χ0) is 13.9. The number of hydrogen-bond donors (Lipinski definition) is 1. The minimum Gasteiger partial charge on any atom is -0.305 e. The van der Waals surface area contributed by atoms with Gasteiger partial charge in [-0.1, -0.05) is 24.3 Å². The zero-order valence-corrected chi connectivity index (χ0v) is 12.1. The van der Waals surface area contributed by atoms with Crippen LogP contribution in [0.1, 0.15) is 37.7 Å². The maximum absolute atomic E-state index is 4.33. The molecule has 2 rings (SSSR count). The monoisotopic (exact) mass is 258 g/mol. The summed E-state index contributed by atoms with van der Waals surface area (Å²) in [5, 5.41) is 7.76. The summed E-state index contributed by atoms with van der Waals surface area (Å²) in [4.78, 5) is 4.33. The lowest BCUT2D eigenvalue weighted by Crippen LogP contribution is -2.36. The van der Waals surface area contributed by atoms with Gasteiger partial charge in [-0.05, 0) is 38.8 Å². The normalized spacial score (nSPS) is 11.8. The second kappa shape index (κ2) is 5.53. The summed E-state index contributed by atoms with van der Waals surface area (Å²) in [7, 11) is 0. The van der Waals surface area contributed by atoms with Crippen molar-refractivity contribution >= 4 is 0 Å². The summed E-state index contributed by atoms with van der Waals surface area (Å²) >= 11 is 0. The first-order valence-corrected chi connectivity index (χ1v) is 6.62. The lowest BCUT2D eigenvalue weighted by molar-refractivity contribution is 0.410. The molecule has 0 spiro atoms. The Balaban J connectivity index is 2.10. The molecule has 1 heterocycles. The van der Waals surface area contributed by atoms with Crippen LogP contribution in [0.2, 0.25) is 0 Å². The van der Waals surface area contributed by atoms with Crippen molar-refractivity contribution in [1.29, 1.82) is 0 Å². The van der Waals surface area contributed by atoms with Crippen molar-refractivity contribution in [2.24, 2.45) is 0 Å². The Morgan fingerprint density at radius 3 is 2.63 bits per heavy atom. The van der Waals surface area contributed by atoms with Crippen LogP contribution in [0.15, 0.2) is 30.6 Å². The summed E-state index contributed by atoms with van der Waals surface area (Å²) in [6, 6.07) is 8.38. The third-order valence-electron chi connectivity index (χ3n) is 3.05. The minimum absolute atomic E-state index is 0.0828. The fourth-order valence-electron chi connectivity index (χ4n) is 1.85. The Morgan fingerprint density at radius 1 is 1.21 bits per heavy atom. The first kappa shape index (κ1) is 13.7. The summed E-state index contributed by atoms with van der Waals surface area (Å²) in [5.41, 5.74) is 2.65. The number of nitrogens with one attached hydrogen (secondary N) is 1. The summed E-state index contributed by atoms with van der Waals surface area (Å²) in [6.07, 6.45) is 1.62. The van der Waals surface area contributed by atoms with Crippen LogP contribution in [0, 0.1) is 6.92 Å². The Labute approximate surface area is 114 Å². The van der Waals surface area contributed by atoms with Gasteiger partial charge in [0.15, 0.2) is 0 Å². The van der Waals surface area contributed by atoms with Crippen LogP contribution in [0.25, 0.3) is 0 Å². The number of rotatable bonds is 4. The van der Waals surface area contributed by atoms with Gasteiger partial charge < -0.3 is 5.32 Å². The molecule has 1 aromatic heterocycles. The Kier molecular flexibility index (Phi) is 4.00. The van der Waals surface area contributed by atoms with Crippen molar-refractivity contribution < 1.29 is 0 Å². The first-order chi connectivity index (χ1) is 8.96. The largest absolute Gasteiger partial charge is 0.305 e. The van der Waals surface area contributed by atoms with Crippen LogP contribution in [-0.2, 0) is 13.1 Å². The number of benzene rings is 1. The van der Waals surface area contributed by atoms with E-state index in [1.165, 1.54) is 11.1 Å². The lowest BCUT2D eigenvalue weighted by atomic mass is 10.1. The molecular weight excluding hydrogens is 236 g/mol. The molecule has 0 fully saturated rings. The van der Waals surface area contributed by atoms with E-state index >= 15 is 0 Å². The molecule has 2 aromatic rings. The van der Waals surface area contributed by atoms with E-state index in [9.17, 15) is 0 Å². The van der Waals surface area contributed by atoms with Gasteiger partial charge in [0.05, 0.1) is 13.1 Å². The highest BCUT2D eigenvalue weighted by Crippen LogP contribution is 2.10. The quantitative estimate of drug-likeness (QED) is 0.916. The molecule has 0 bridgehead atoms. The van der Waals surface area contributed by atoms with E-state index in [4.69, 9.17) is 0 Å². The van der Waals surface area contributed by atoms with Crippen molar-refractivity contribution in [1.82, 2.24) is 20.1 Å². The first-order valence-electron chi connectivity index (χ1n) is 6.62. The molecule has 0 amide bonds. The SMILES string of the molecule is Cc1ccccc1Cn1ncnc1CNC(C)(C)C. The Hall–Kier alpha value is -1.68. The van der Waals surface area contributed by atoms with E-state index in [1.54, 1.807) is 6.33 Å². The fraction of sp³-hybridized carbons (Fsp3) is 0.467. The van der Waals surface area contributed by atoms with Gasteiger partial charge in [-0.15, -0.1) is 0 Å². The number of nitrogens with zero attached hydrogens (tertiary/aromatic N) is 3. The Morgan fingerprint density at radius 2 is 1.95 bits per heavy atom. The lowest BCUT2D eigenvalue weighted by Gasteiger charge is -2.20. The van der Waals surface area contributed by atoms with E-state index in [-0.39, 0.29) is 5.54 Å². The van der Waals surface area contributed by atoms with Gasteiger partial charge in [-0.25, -0.2) is 9.67 Å². The summed E-state index contributed by atoms with van der Waals surface area (Å²) in [6.45, 7) is 10.1. The second-order valence-electron chi connectivity index (χ2n) is 5.86. The molecule has 4 nitrogen and oxygen atoms in total. The summed E-state index contributed by atoms with van der Waals surface area (Å²) in [5.74, 6) is 0.971. The Bertz CT molecular complexity index is 537. The van der Waals surface area contributed by atoms with Crippen LogP contribution in [0.4, 0.5) is 0 Å². The predicted molar refractivity (Wildman–Crippen MR) is 76.9 cm³/mol. The van der Waals surface area contributed by atoms with Crippen LogP contribution < -0.4 is 5.32 Å². The smallest absolute Gasteiger partial charge is 0.141 e. The van der Waals surface area contributed by atoms with Crippen LogP contribution in [0.5, 0.6) is 0 Å². The third-order valence-corrected chi connectivity index (χ3v) is 3.05.